The highest BCUT2D eigenvalue weighted by atomic mass is 79.9. The minimum absolute atomic E-state index is 0.510. The van der Waals surface area contributed by atoms with Crippen molar-refractivity contribution in [2.45, 2.75) is 45.3 Å². The highest BCUT2D eigenvalue weighted by Gasteiger charge is 2.22. The van der Waals surface area contributed by atoms with Crippen molar-refractivity contribution in [1.29, 1.82) is 0 Å². The molecule has 3 nitrogen and oxygen atoms in total. The summed E-state index contributed by atoms with van der Waals surface area (Å²) in [7, 11) is 4.38. The first-order chi connectivity index (χ1) is 9.97. The van der Waals surface area contributed by atoms with Crippen LogP contribution in [0, 0.1) is 0 Å². The molecule has 1 aliphatic heterocycles. The second kappa shape index (κ2) is 7.61. The van der Waals surface area contributed by atoms with E-state index in [0.717, 1.165) is 30.1 Å². The molecule has 1 fully saturated rings. The number of halogens is 1. The summed E-state index contributed by atoms with van der Waals surface area (Å²) in [6.45, 7) is 7.62. The van der Waals surface area contributed by atoms with Crippen molar-refractivity contribution in [3.05, 3.63) is 28.2 Å². The molecular formula is C17H28BrN3. The van der Waals surface area contributed by atoms with E-state index in [1.807, 2.05) is 0 Å². The monoisotopic (exact) mass is 353 g/mol. The van der Waals surface area contributed by atoms with Crippen LogP contribution in [0.2, 0.25) is 0 Å². The molecule has 21 heavy (non-hydrogen) atoms. The lowest BCUT2D eigenvalue weighted by molar-refractivity contribution is 0.249. The quantitative estimate of drug-likeness (QED) is 0.874. The molecule has 0 radical (unpaired) electrons. The highest BCUT2D eigenvalue weighted by molar-refractivity contribution is 9.10. The lowest BCUT2D eigenvalue weighted by Gasteiger charge is -2.37. The summed E-state index contributed by atoms with van der Waals surface area (Å²) in [6, 6.07) is 7.91. The number of nitrogens with one attached hydrogen (secondary N) is 1. The van der Waals surface area contributed by atoms with E-state index in [1.165, 1.54) is 24.1 Å². The zero-order chi connectivity index (χ0) is 15.4. The van der Waals surface area contributed by atoms with E-state index in [-0.39, 0.29) is 0 Å². The summed E-state index contributed by atoms with van der Waals surface area (Å²) in [5.41, 5.74) is 2.78. The van der Waals surface area contributed by atoms with Crippen molar-refractivity contribution in [1.82, 2.24) is 10.2 Å². The first kappa shape index (κ1) is 16.8. The molecule has 1 heterocycles. The summed E-state index contributed by atoms with van der Waals surface area (Å²) in [6.07, 6.45) is 2.50. The Balaban J connectivity index is 2.08. The summed E-state index contributed by atoms with van der Waals surface area (Å²) < 4.78 is 1.16. The molecule has 0 aliphatic carbocycles. The van der Waals surface area contributed by atoms with Gasteiger partial charge in [0.1, 0.15) is 0 Å². The van der Waals surface area contributed by atoms with E-state index in [9.17, 15) is 0 Å². The highest BCUT2D eigenvalue weighted by Crippen LogP contribution is 2.28. The predicted molar refractivity (Wildman–Crippen MR) is 95.0 cm³/mol. The maximum absolute atomic E-state index is 3.60. The number of hydrogen-bond donors (Lipinski definition) is 1. The van der Waals surface area contributed by atoms with Crippen molar-refractivity contribution < 1.29 is 0 Å². The van der Waals surface area contributed by atoms with Crippen molar-refractivity contribution in [3.8, 4) is 0 Å². The van der Waals surface area contributed by atoms with E-state index in [2.05, 4.69) is 77.2 Å². The Morgan fingerprint density at radius 1 is 1.29 bits per heavy atom. The van der Waals surface area contributed by atoms with Gasteiger partial charge in [-0.2, -0.15) is 0 Å². The third-order valence-electron chi connectivity index (χ3n) is 4.28. The first-order valence-electron chi connectivity index (χ1n) is 7.90. The van der Waals surface area contributed by atoms with Gasteiger partial charge in [-0.3, -0.25) is 0 Å². The Bertz CT molecular complexity index is 451. The fraction of sp³-hybridized carbons (Fsp3) is 0.647. The van der Waals surface area contributed by atoms with Crippen LogP contribution in [0.1, 0.15) is 32.3 Å². The number of hydrogen-bond acceptors (Lipinski definition) is 3. The minimum Gasteiger partial charge on any atom is -0.371 e. The zero-order valence-electron chi connectivity index (χ0n) is 13.7. The smallest absolute Gasteiger partial charge is 0.0412 e. The minimum atomic E-state index is 0.510. The van der Waals surface area contributed by atoms with Gasteiger partial charge in [0.25, 0.3) is 0 Å². The molecule has 0 spiro atoms. The third kappa shape index (κ3) is 4.70. The summed E-state index contributed by atoms with van der Waals surface area (Å²) >= 11 is 3.60. The first-order valence-corrected chi connectivity index (χ1v) is 8.70. The Morgan fingerprint density at radius 2 is 1.95 bits per heavy atom. The fourth-order valence-corrected chi connectivity index (χ4v) is 3.35. The van der Waals surface area contributed by atoms with Gasteiger partial charge in [0.15, 0.2) is 0 Å². The molecule has 2 rings (SSSR count). The van der Waals surface area contributed by atoms with Gasteiger partial charge in [0.05, 0.1) is 0 Å². The van der Waals surface area contributed by atoms with Crippen LogP contribution in [-0.2, 0) is 6.54 Å². The Labute approximate surface area is 137 Å². The molecule has 4 heteroatoms. The van der Waals surface area contributed by atoms with Crippen LogP contribution in [0.4, 0.5) is 5.69 Å². The summed E-state index contributed by atoms with van der Waals surface area (Å²) in [4.78, 5) is 4.91. The molecule has 1 N–H and O–H groups in total. The van der Waals surface area contributed by atoms with Crippen LogP contribution in [-0.4, -0.2) is 44.2 Å². The average Bonchev–Trinajstić information content (AvgIpc) is 2.45. The molecule has 118 valence electrons. The molecule has 1 aromatic rings. The van der Waals surface area contributed by atoms with Gasteiger partial charge in [-0.25, -0.2) is 0 Å². The van der Waals surface area contributed by atoms with Gasteiger partial charge < -0.3 is 15.1 Å². The van der Waals surface area contributed by atoms with Crippen LogP contribution in [0.15, 0.2) is 22.7 Å². The molecule has 1 aliphatic rings. The van der Waals surface area contributed by atoms with E-state index in [1.54, 1.807) is 0 Å². The number of nitrogens with zero attached hydrogens (tertiary/aromatic N) is 2. The Morgan fingerprint density at radius 3 is 2.52 bits per heavy atom. The van der Waals surface area contributed by atoms with Gasteiger partial charge in [-0.15, -0.1) is 0 Å². The van der Waals surface area contributed by atoms with Crippen LogP contribution >= 0.6 is 15.9 Å². The molecule has 0 bridgehead atoms. The molecule has 0 atom stereocenters. The average molecular weight is 354 g/mol. The standard InChI is InChI=1S/C17H28BrN3/c1-13(2)19-12-14-11-15(18)5-6-17(14)21-9-7-16(8-10-21)20(3)4/h5-6,11,13,16,19H,7-10,12H2,1-4H3. The topological polar surface area (TPSA) is 18.5 Å². The molecular weight excluding hydrogens is 326 g/mol. The van der Waals surface area contributed by atoms with Crippen LogP contribution in [0.5, 0.6) is 0 Å². The third-order valence-corrected chi connectivity index (χ3v) is 4.77. The Hall–Kier alpha value is -0.580. The normalized spacial score (nSPS) is 17.0. The van der Waals surface area contributed by atoms with E-state index < -0.39 is 0 Å². The van der Waals surface area contributed by atoms with Crippen molar-refractivity contribution >= 4 is 21.6 Å². The molecule has 0 unspecified atom stereocenters. The lowest BCUT2D eigenvalue weighted by Crippen LogP contribution is -2.42. The molecule has 0 aromatic heterocycles. The maximum atomic E-state index is 3.60. The lowest BCUT2D eigenvalue weighted by atomic mass is 10.0. The SMILES string of the molecule is CC(C)NCc1cc(Br)ccc1N1CCC(N(C)C)CC1. The van der Waals surface area contributed by atoms with Crippen molar-refractivity contribution in [2.75, 3.05) is 32.1 Å². The van der Waals surface area contributed by atoms with Gasteiger partial charge in [0, 0.05) is 41.9 Å². The van der Waals surface area contributed by atoms with Crippen LogP contribution < -0.4 is 10.2 Å². The molecule has 1 aromatic carbocycles. The summed E-state index contributed by atoms with van der Waals surface area (Å²) in [5.74, 6) is 0. The van der Waals surface area contributed by atoms with Crippen LogP contribution in [0.3, 0.4) is 0 Å². The number of rotatable bonds is 5. The van der Waals surface area contributed by atoms with Crippen molar-refractivity contribution in [3.63, 3.8) is 0 Å². The molecule has 0 amide bonds. The van der Waals surface area contributed by atoms with Crippen LogP contribution in [0.25, 0.3) is 0 Å². The second-order valence-electron chi connectivity index (χ2n) is 6.49. The molecule has 1 saturated heterocycles. The number of anilines is 1. The number of benzene rings is 1. The van der Waals surface area contributed by atoms with Gasteiger partial charge in [-0.1, -0.05) is 29.8 Å². The molecule has 0 saturated carbocycles. The van der Waals surface area contributed by atoms with Crippen molar-refractivity contribution in [2.24, 2.45) is 0 Å². The van der Waals surface area contributed by atoms with E-state index in [4.69, 9.17) is 0 Å². The zero-order valence-corrected chi connectivity index (χ0v) is 15.3. The second-order valence-corrected chi connectivity index (χ2v) is 7.41. The van der Waals surface area contributed by atoms with E-state index in [0.29, 0.717) is 6.04 Å². The Kier molecular flexibility index (Phi) is 6.08. The summed E-state index contributed by atoms with van der Waals surface area (Å²) in [5, 5.41) is 3.54. The maximum Gasteiger partial charge on any atom is 0.0412 e. The largest absolute Gasteiger partial charge is 0.371 e. The fourth-order valence-electron chi connectivity index (χ4n) is 2.94. The van der Waals surface area contributed by atoms with Gasteiger partial charge in [-0.05, 0) is 50.7 Å². The number of piperidine rings is 1. The predicted octanol–water partition coefficient (Wildman–Crippen LogP) is 3.48. The van der Waals surface area contributed by atoms with E-state index >= 15 is 0 Å². The van der Waals surface area contributed by atoms with Gasteiger partial charge in [0.2, 0.25) is 0 Å². The van der Waals surface area contributed by atoms with Gasteiger partial charge >= 0.3 is 0 Å².